The molecule has 2 aliphatic rings. The van der Waals surface area contributed by atoms with E-state index < -0.39 is 0 Å². The van der Waals surface area contributed by atoms with E-state index in [9.17, 15) is 0 Å². The van der Waals surface area contributed by atoms with Crippen LogP contribution in [0.25, 0.3) is 0 Å². The zero-order valence-corrected chi connectivity index (χ0v) is 5.69. The largest absolute Gasteiger partial charge is 0.329 e. The molecule has 2 rings (SSSR count). The third-order valence-corrected chi connectivity index (χ3v) is 2.87. The molecular weight excluding hydrogens is 112 g/mol. The molecule has 0 amide bonds. The summed E-state index contributed by atoms with van der Waals surface area (Å²) in [5.41, 5.74) is 6.02. The predicted molar refractivity (Wildman–Crippen MR) is 37.1 cm³/mol. The molecule has 1 aliphatic carbocycles. The zero-order valence-electron chi connectivity index (χ0n) is 5.69. The van der Waals surface area contributed by atoms with Crippen LogP contribution in [0, 0.1) is 5.92 Å². The van der Waals surface area contributed by atoms with E-state index >= 15 is 0 Å². The molecule has 2 fully saturated rings. The van der Waals surface area contributed by atoms with Gasteiger partial charge >= 0.3 is 0 Å². The second-order valence-corrected chi connectivity index (χ2v) is 3.47. The summed E-state index contributed by atoms with van der Waals surface area (Å²) in [5.74, 6) is 0.952. The first kappa shape index (κ1) is 5.69. The molecule has 52 valence electrons. The molecule has 1 saturated carbocycles. The number of nitrogens with one attached hydrogen (secondary N) is 1. The van der Waals surface area contributed by atoms with Gasteiger partial charge in [-0.25, -0.2) is 0 Å². The molecule has 2 atom stereocenters. The highest BCUT2D eigenvalue weighted by Gasteiger charge is 2.43. The molecule has 2 nitrogen and oxygen atoms in total. The maximum atomic E-state index is 5.64. The number of fused-ring (bicyclic) bond motifs is 2. The summed E-state index contributed by atoms with van der Waals surface area (Å²) in [6, 6.07) is 0. The van der Waals surface area contributed by atoms with Crippen molar-refractivity contribution in [2.75, 3.05) is 13.1 Å². The minimum absolute atomic E-state index is 0.380. The van der Waals surface area contributed by atoms with Gasteiger partial charge in [0.05, 0.1) is 0 Å². The van der Waals surface area contributed by atoms with Crippen molar-refractivity contribution in [3.63, 3.8) is 0 Å². The van der Waals surface area contributed by atoms with Gasteiger partial charge in [-0.05, 0) is 31.7 Å². The Morgan fingerprint density at radius 3 is 2.78 bits per heavy atom. The Morgan fingerprint density at radius 1 is 1.67 bits per heavy atom. The first-order valence-electron chi connectivity index (χ1n) is 3.80. The summed E-state index contributed by atoms with van der Waals surface area (Å²) in [7, 11) is 0. The average molecular weight is 126 g/mol. The van der Waals surface area contributed by atoms with E-state index in [-0.39, 0.29) is 0 Å². The minimum Gasteiger partial charge on any atom is -0.329 e. The number of hydrogen-bond acceptors (Lipinski definition) is 2. The monoisotopic (exact) mass is 126 g/mol. The Kier molecular flexibility index (Phi) is 1.08. The molecule has 1 heterocycles. The fourth-order valence-electron chi connectivity index (χ4n) is 2.19. The Balaban J connectivity index is 2.13. The van der Waals surface area contributed by atoms with Crippen molar-refractivity contribution in [1.82, 2.24) is 5.32 Å². The lowest BCUT2D eigenvalue weighted by molar-refractivity contribution is 0.371. The standard InChI is InChI=1S/C7H14N2/c8-5-7-2-1-6(3-7)4-9-7/h6,9H,1-5,8H2. The highest BCUT2D eigenvalue weighted by molar-refractivity contribution is 5.03. The molecule has 1 saturated heterocycles. The molecular formula is C7H14N2. The number of rotatable bonds is 1. The van der Waals surface area contributed by atoms with Gasteiger partial charge in [-0.1, -0.05) is 0 Å². The van der Waals surface area contributed by atoms with Gasteiger partial charge in [0, 0.05) is 12.1 Å². The van der Waals surface area contributed by atoms with Gasteiger partial charge in [0.25, 0.3) is 0 Å². The molecule has 2 bridgehead atoms. The van der Waals surface area contributed by atoms with Gasteiger partial charge in [0.1, 0.15) is 0 Å². The van der Waals surface area contributed by atoms with Crippen molar-refractivity contribution in [2.45, 2.75) is 24.8 Å². The number of hydrogen-bond donors (Lipinski definition) is 2. The van der Waals surface area contributed by atoms with Crippen LogP contribution in [0.3, 0.4) is 0 Å². The second-order valence-electron chi connectivity index (χ2n) is 3.47. The van der Waals surface area contributed by atoms with Gasteiger partial charge in [-0.3, -0.25) is 0 Å². The van der Waals surface area contributed by atoms with Crippen LogP contribution in [0.4, 0.5) is 0 Å². The molecule has 3 N–H and O–H groups in total. The summed E-state index contributed by atoms with van der Waals surface area (Å²) in [6.45, 7) is 2.06. The Bertz CT molecular complexity index is 114. The minimum atomic E-state index is 0.380. The summed E-state index contributed by atoms with van der Waals surface area (Å²) in [4.78, 5) is 0. The van der Waals surface area contributed by atoms with Crippen LogP contribution in [-0.2, 0) is 0 Å². The molecule has 2 unspecified atom stereocenters. The van der Waals surface area contributed by atoms with Gasteiger partial charge < -0.3 is 11.1 Å². The Labute approximate surface area is 55.8 Å². The summed E-state index contributed by atoms with van der Waals surface area (Å²) < 4.78 is 0. The number of nitrogens with two attached hydrogens (primary N) is 1. The number of piperidine rings is 1. The third-order valence-electron chi connectivity index (χ3n) is 2.87. The predicted octanol–water partition coefficient (Wildman–Crippen LogP) is 0.0872. The molecule has 1 aliphatic heterocycles. The average Bonchev–Trinajstić information content (AvgIpc) is 2.46. The van der Waals surface area contributed by atoms with Crippen LogP contribution < -0.4 is 11.1 Å². The quantitative estimate of drug-likeness (QED) is 0.522. The lowest BCUT2D eigenvalue weighted by Gasteiger charge is -2.25. The van der Waals surface area contributed by atoms with E-state index in [1.54, 1.807) is 0 Å². The molecule has 9 heavy (non-hydrogen) atoms. The molecule has 0 aromatic rings. The van der Waals surface area contributed by atoms with E-state index in [0.717, 1.165) is 12.5 Å². The van der Waals surface area contributed by atoms with Crippen LogP contribution in [0.15, 0.2) is 0 Å². The maximum absolute atomic E-state index is 5.64. The normalized spacial score (nSPS) is 48.3. The van der Waals surface area contributed by atoms with E-state index in [2.05, 4.69) is 5.32 Å². The summed E-state index contributed by atoms with van der Waals surface area (Å²) >= 11 is 0. The van der Waals surface area contributed by atoms with Crippen molar-refractivity contribution >= 4 is 0 Å². The van der Waals surface area contributed by atoms with E-state index in [1.807, 2.05) is 0 Å². The topological polar surface area (TPSA) is 38.0 Å². The van der Waals surface area contributed by atoms with Crippen molar-refractivity contribution in [1.29, 1.82) is 0 Å². The Morgan fingerprint density at radius 2 is 2.56 bits per heavy atom. The van der Waals surface area contributed by atoms with Crippen LogP contribution >= 0.6 is 0 Å². The van der Waals surface area contributed by atoms with Gasteiger partial charge in [-0.15, -0.1) is 0 Å². The molecule has 0 aromatic carbocycles. The van der Waals surface area contributed by atoms with Gasteiger partial charge in [0.2, 0.25) is 0 Å². The van der Waals surface area contributed by atoms with Crippen LogP contribution in [0.5, 0.6) is 0 Å². The molecule has 0 aromatic heterocycles. The van der Waals surface area contributed by atoms with Gasteiger partial charge in [0.15, 0.2) is 0 Å². The van der Waals surface area contributed by atoms with E-state index in [4.69, 9.17) is 5.73 Å². The van der Waals surface area contributed by atoms with Gasteiger partial charge in [-0.2, -0.15) is 0 Å². The summed E-state index contributed by atoms with van der Waals surface area (Å²) in [6.07, 6.45) is 4.06. The summed E-state index contributed by atoms with van der Waals surface area (Å²) in [5, 5.41) is 3.49. The van der Waals surface area contributed by atoms with Crippen LogP contribution in [0.2, 0.25) is 0 Å². The smallest absolute Gasteiger partial charge is 0.0307 e. The highest BCUT2D eigenvalue weighted by atomic mass is 15.1. The van der Waals surface area contributed by atoms with Crippen molar-refractivity contribution in [3.8, 4) is 0 Å². The third kappa shape index (κ3) is 0.700. The first-order valence-corrected chi connectivity index (χ1v) is 3.80. The van der Waals surface area contributed by atoms with Crippen LogP contribution in [0.1, 0.15) is 19.3 Å². The SMILES string of the molecule is NCC12CCC(CN1)C2. The van der Waals surface area contributed by atoms with Crippen molar-refractivity contribution in [3.05, 3.63) is 0 Å². The van der Waals surface area contributed by atoms with E-state index in [0.29, 0.717) is 5.54 Å². The van der Waals surface area contributed by atoms with E-state index in [1.165, 1.54) is 25.8 Å². The lowest BCUT2D eigenvalue weighted by atomic mass is 10.0. The molecule has 0 radical (unpaired) electrons. The van der Waals surface area contributed by atoms with Crippen molar-refractivity contribution in [2.24, 2.45) is 11.7 Å². The van der Waals surface area contributed by atoms with Crippen LogP contribution in [-0.4, -0.2) is 18.6 Å². The molecule has 0 spiro atoms. The fourth-order valence-corrected chi connectivity index (χ4v) is 2.19. The second kappa shape index (κ2) is 1.70. The lowest BCUT2D eigenvalue weighted by Crippen LogP contribution is -2.46. The first-order chi connectivity index (χ1) is 4.35. The Hall–Kier alpha value is -0.0800. The van der Waals surface area contributed by atoms with Crippen molar-refractivity contribution < 1.29 is 0 Å². The fraction of sp³-hybridized carbons (Fsp3) is 1.00. The molecule has 2 heteroatoms. The maximum Gasteiger partial charge on any atom is 0.0307 e. The zero-order chi connectivity index (χ0) is 6.32. The highest BCUT2D eigenvalue weighted by Crippen LogP contribution is 2.38.